The largest absolute Gasteiger partial charge is 0.481 e. The van der Waals surface area contributed by atoms with Crippen molar-refractivity contribution >= 4 is 52.5 Å². The first-order valence-corrected chi connectivity index (χ1v) is 9.44. The molecular weight excluding hydrogens is 388 g/mol. The summed E-state index contributed by atoms with van der Waals surface area (Å²) in [5.41, 5.74) is 1.18. The molecule has 0 fully saturated rings. The van der Waals surface area contributed by atoms with E-state index in [2.05, 4.69) is 10.6 Å². The zero-order chi connectivity index (χ0) is 19.8. The molecule has 0 saturated heterocycles. The number of halogens is 1. The van der Waals surface area contributed by atoms with Crippen molar-refractivity contribution in [2.24, 2.45) is 0 Å². The number of benzene rings is 2. The standard InChI is InChI=1S/C19H19ClN2O4S/c1-12(19(26)22-14-5-2-4-13(20)10-14)27-16-7-3-6-15(11-16)21-17(23)8-9-18(24)25/h2-7,10-12H,8-9H2,1H3,(H,21,23)(H,22,26)(H,24,25). The summed E-state index contributed by atoms with van der Waals surface area (Å²) < 4.78 is 0. The van der Waals surface area contributed by atoms with Crippen LogP contribution >= 0.6 is 23.4 Å². The van der Waals surface area contributed by atoms with Crippen LogP contribution in [0.15, 0.2) is 53.4 Å². The fraction of sp³-hybridized carbons (Fsp3) is 0.211. The first-order chi connectivity index (χ1) is 12.8. The third-order valence-electron chi connectivity index (χ3n) is 3.46. The number of aliphatic carboxylic acids is 1. The molecule has 8 heteroatoms. The van der Waals surface area contributed by atoms with Crippen LogP contribution in [0.2, 0.25) is 5.02 Å². The third-order valence-corrected chi connectivity index (χ3v) is 4.79. The van der Waals surface area contributed by atoms with E-state index >= 15 is 0 Å². The second-order valence-corrected chi connectivity index (χ2v) is 7.58. The maximum atomic E-state index is 12.3. The smallest absolute Gasteiger partial charge is 0.303 e. The monoisotopic (exact) mass is 406 g/mol. The molecule has 0 saturated carbocycles. The lowest BCUT2D eigenvalue weighted by molar-refractivity contribution is -0.138. The number of carboxylic acid groups (broad SMARTS) is 1. The quantitative estimate of drug-likeness (QED) is 0.569. The molecule has 1 unspecified atom stereocenters. The first-order valence-electron chi connectivity index (χ1n) is 8.18. The summed E-state index contributed by atoms with van der Waals surface area (Å²) in [6.07, 6.45) is -0.313. The maximum Gasteiger partial charge on any atom is 0.303 e. The molecule has 2 aromatic rings. The number of carboxylic acids is 1. The van der Waals surface area contributed by atoms with Gasteiger partial charge in [-0.1, -0.05) is 23.7 Å². The van der Waals surface area contributed by atoms with Crippen LogP contribution in [0.1, 0.15) is 19.8 Å². The van der Waals surface area contributed by atoms with Gasteiger partial charge in [-0.3, -0.25) is 14.4 Å². The Morgan fingerprint density at radius 1 is 1.04 bits per heavy atom. The van der Waals surface area contributed by atoms with E-state index in [-0.39, 0.29) is 29.9 Å². The molecule has 3 N–H and O–H groups in total. The Hall–Kier alpha value is -2.51. The molecule has 6 nitrogen and oxygen atoms in total. The predicted octanol–water partition coefficient (Wildman–Crippen LogP) is 4.26. The summed E-state index contributed by atoms with van der Waals surface area (Å²) in [4.78, 5) is 35.4. The van der Waals surface area contributed by atoms with Gasteiger partial charge in [0.25, 0.3) is 0 Å². The van der Waals surface area contributed by atoms with Crippen LogP contribution in [-0.2, 0) is 14.4 Å². The van der Waals surface area contributed by atoms with E-state index in [0.717, 1.165) is 4.90 Å². The first kappa shape index (κ1) is 20.8. The fourth-order valence-electron chi connectivity index (χ4n) is 2.16. The molecule has 2 amide bonds. The van der Waals surface area contributed by atoms with Crippen molar-refractivity contribution in [3.05, 3.63) is 53.6 Å². The highest BCUT2D eigenvalue weighted by molar-refractivity contribution is 8.00. The van der Waals surface area contributed by atoms with Gasteiger partial charge in [-0.25, -0.2) is 0 Å². The Kier molecular flexibility index (Phi) is 7.69. The minimum absolute atomic E-state index is 0.0921. The number of hydrogen-bond donors (Lipinski definition) is 3. The van der Waals surface area contributed by atoms with Gasteiger partial charge in [-0.2, -0.15) is 0 Å². The van der Waals surface area contributed by atoms with Crippen LogP contribution in [0, 0.1) is 0 Å². The molecule has 0 spiro atoms. The van der Waals surface area contributed by atoms with Crippen LogP contribution in [0.25, 0.3) is 0 Å². The van der Waals surface area contributed by atoms with Gasteiger partial charge in [0.2, 0.25) is 11.8 Å². The van der Waals surface area contributed by atoms with Crippen LogP contribution < -0.4 is 10.6 Å². The normalized spacial score (nSPS) is 11.5. The molecule has 0 radical (unpaired) electrons. The molecule has 0 aliphatic rings. The number of anilines is 2. The summed E-state index contributed by atoms with van der Waals surface area (Å²) in [5.74, 6) is -1.56. The van der Waals surface area contributed by atoms with Gasteiger partial charge in [0.15, 0.2) is 0 Å². The molecule has 142 valence electrons. The number of amides is 2. The predicted molar refractivity (Wildman–Crippen MR) is 107 cm³/mol. The lowest BCUT2D eigenvalue weighted by Crippen LogP contribution is -2.22. The van der Waals surface area contributed by atoms with E-state index in [4.69, 9.17) is 16.7 Å². The Balaban J connectivity index is 1.93. The van der Waals surface area contributed by atoms with Crippen molar-refractivity contribution in [1.29, 1.82) is 0 Å². The number of carbonyl (C=O) groups is 3. The molecule has 27 heavy (non-hydrogen) atoms. The number of carbonyl (C=O) groups excluding carboxylic acids is 2. The Morgan fingerprint density at radius 2 is 1.70 bits per heavy atom. The number of rotatable bonds is 8. The minimum atomic E-state index is -1.02. The topological polar surface area (TPSA) is 95.5 Å². The van der Waals surface area contributed by atoms with Crippen molar-refractivity contribution < 1.29 is 19.5 Å². The van der Waals surface area contributed by atoms with Crippen molar-refractivity contribution in [3.63, 3.8) is 0 Å². The zero-order valence-electron chi connectivity index (χ0n) is 14.6. The van der Waals surface area contributed by atoms with E-state index in [9.17, 15) is 14.4 Å². The molecule has 1 atom stereocenters. The second-order valence-electron chi connectivity index (χ2n) is 5.73. The second kappa shape index (κ2) is 9.99. The van der Waals surface area contributed by atoms with Gasteiger partial charge in [-0.05, 0) is 43.3 Å². The molecule has 0 aromatic heterocycles. The fourth-order valence-corrected chi connectivity index (χ4v) is 3.28. The Morgan fingerprint density at radius 3 is 2.37 bits per heavy atom. The Labute approximate surface area is 166 Å². The highest BCUT2D eigenvalue weighted by Crippen LogP contribution is 2.27. The van der Waals surface area contributed by atoms with Crippen molar-refractivity contribution in [2.75, 3.05) is 10.6 Å². The van der Waals surface area contributed by atoms with E-state index < -0.39 is 5.97 Å². The summed E-state index contributed by atoms with van der Waals surface area (Å²) in [7, 11) is 0. The summed E-state index contributed by atoms with van der Waals surface area (Å²) >= 11 is 7.26. The lowest BCUT2D eigenvalue weighted by Gasteiger charge is -2.13. The number of thioether (sulfide) groups is 1. The molecule has 2 aromatic carbocycles. The SMILES string of the molecule is CC(Sc1cccc(NC(=O)CCC(=O)O)c1)C(=O)Nc1cccc(Cl)c1. The van der Waals surface area contributed by atoms with Crippen LogP contribution in [0.4, 0.5) is 11.4 Å². The molecule has 0 aliphatic heterocycles. The van der Waals surface area contributed by atoms with Gasteiger partial charge in [0.05, 0.1) is 11.7 Å². The van der Waals surface area contributed by atoms with Crippen LogP contribution in [-0.4, -0.2) is 28.1 Å². The van der Waals surface area contributed by atoms with Gasteiger partial charge in [0, 0.05) is 27.7 Å². The highest BCUT2D eigenvalue weighted by Gasteiger charge is 2.15. The lowest BCUT2D eigenvalue weighted by atomic mass is 10.2. The molecule has 0 heterocycles. The van der Waals surface area contributed by atoms with Crippen LogP contribution in [0.3, 0.4) is 0 Å². The maximum absolute atomic E-state index is 12.3. The van der Waals surface area contributed by atoms with Crippen molar-refractivity contribution in [2.45, 2.75) is 29.9 Å². The molecule has 0 bridgehead atoms. The average molecular weight is 407 g/mol. The highest BCUT2D eigenvalue weighted by atomic mass is 35.5. The van der Waals surface area contributed by atoms with Crippen molar-refractivity contribution in [3.8, 4) is 0 Å². The van der Waals surface area contributed by atoms with Gasteiger partial charge < -0.3 is 15.7 Å². The molecule has 2 rings (SSSR count). The summed E-state index contributed by atoms with van der Waals surface area (Å²) in [6, 6.07) is 14.0. The van der Waals surface area contributed by atoms with Crippen LogP contribution in [0.5, 0.6) is 0 Å². The van der Waals surface area contributed by atoms with E-state index in [1.54, 1.807) is 49.4 Å². The van der Waals surface area contributed by atoms with Crippen molar-refractivity contribution in [1.82, 2.24) is 0 Å². The number of hydrogen-bond acceptors (Lipinski definition) is 4. The summed E-state index contributed by atoms with van der Waals surface area (Å²) in [5, 5.41) is 14.2. The summed E-state index contributed by atoms with van der Waals surface area (Å²) in [6.45, 7) is 1.78. The van der Waals surface area contributed by atoms with Gasteiger partial charge in [-0.15, -0.1) is 11.8 Å². The Bertz CT molecular complexity index is 844. The van der Waals surface area contributed by atoms with Gasteiger partial charge >= 0.3 is 5.97 Å². The average Bonchev–Trinajstić information content (AvgIpc) is 2.60. The van der Waals surface area contributed by atoms with E-state index in [1.165, 1.54) is 11.8 Å². The molecular formula is C19H19ClN2O4S. The van der Waals surface area contributed by atoms with E-state index in [0.29, 0.717) is 16.4 Å². The molecule has 0 aliphatic carbocycles. The zero-order valence-corrected chi connectivity index (χ0v) is 16.1. The third kappa shape index (κ3) is 7.32. The number of nitrogens with one attached hydrogen (secondary N) is 2. The minimum Gasteiger partial charge on any atom is -0.481 e. The van der Waals surface area contributed by atoms with E-state index in [1.807, 2.05) is 6.07 Å². The van der Waals surface area contributed by atoms with Gasteiger partial charge in [0.1, 0.15) is 0 Å².